The molecule has 0 radical (unpaired) electrons. The van der Waals surface area contributed by atoms with Crippen LogP contribution in [0.4, 0.5) is 10.8 Å². The summed E-state index contributed by atoms with van der Waals surface area (Å²) < 4.78 is 33.4. The highest BCUT2D eigenvalue weighted by atomic mass is 32.2. The predicted molar refractivity (Wildman–Crippen MR) is 164 cm³/mol. The van der Waals surface area contributed by atoms with Gasteiger partial charge in [0, 0.05) is 11.8 Å². The van der Waals surface area contributed by atoms with Gasteiger partial charge in [-0.3, -0.25) is 9.27 Å². The van der Waals surface area contributed by atoms with Crippen molar-refractivity contribution in [2.75, 3.05) is 10.0 Å². The Bertz CT molecular complexity index is 1850. The van der Waals surface area contributed by atoms with Gasteiger partial charge in [0.05, 0.1) is 22.3 Å². The molecule has 3 aromatic heterocycles. The molecule has 202 valence electrons. The lowest BCUT2D eigenvalue weighted by atomic mass is 10.0. The molecule has 40 heavy (non-hydrogen) atoms. The number of rotatable bonds is 10. The summed E-state index contributed by atoms with van der Waals surface area (Å²) in [5.41, 5.74) is 3.31. The van der Waals surface area contributed by atoms with Gasteiger partial charge < -0.3 is 5.32 Å². The van der Waals surface area contributed by atoms with Gasteiger partial charge in [-0.2, -0.15) is 8.42 Å². The van der Waals surface area contributed by atoms with Crippen molar-refractivity contribution in [1.29, 1.82) is 0 Å². The van der Waals surface area contributed by atoms with E-state index in [0.29, 0.717) is 18.0 Å². The number of aromatic nitrogens is 3. The van der Waals surface area contributed by atoms with Crippen LogP contribution in [-0.2, 0) is 23.1 Å². The predicted octanol–water partition coefficient (Wildman–Crippen LogP) is 7.08. The van der Waals surface area contributed by atoms with E-state index in [0.717, 1.165) is 26.1 Å². The number of thiophene rings is 1. The quantitative estimate of drug-likeness (QED) is 0.143. The molecule has 3 N–H and O–H groups in total. The highest BCUT2D eigenvalue weighted by Gasteiger charge is 2.19. The number of benzene rings is 3. The first-order valence-corrected chi connectivity index (χ1v) is 16.3. The molecular weight excluding hydrogens is 583 g/mol. The lowest BCUT2D eigenvalue weighted by molar-refractivity contribution is 0.489. The summed E-state index contributed by atoms with van der Waals surface area (Å²) in [5, 5.41) is 21.5. The van der Waals surface area contributed by atoms with Crippen molar-refractivity contribution in [3.05, 3.63) is 111 Å². The van der Waals surface area contributed by atoms with Crippen molar-refractivity contribution in [3.8, 4) is 9.88 Å². The van der Waals surface area contributed by atoms with Crippen LogP contribution in [0.1, 0.15) is 27.9 Å². The number of hydrogen-bond donors (Lipinski definition) is 3. The molecule has 8 nitrogen and oxygen atoms in total. The molecule has 0 aliphatic heterocycles. The standard InChI is InChI=1S/C28H23N5O3S4/c34-40(35,36)33-22-11-8-18(9-12-22)15-23(24-17-38-27(29-24)25-6-3-13-37-25)30-28-32-31-26(39-28)16-19-7-10-20-4-1-2-5-21(20)14-19/h1-14,17,23,33H,15-16H2,(H,30,32)(H,34,35,36)/t23-/m0/s1. The zero-order valence-corrected chi connectivity index (χ0v) is 24.2. The fourth-order valence-electron chi connectivity index (χ4n) is 4.34. The maximum atomic E-state index is 11.1. The number of nitrogens with zero attached hydrogens (tertiary/aromatic N) is 3. The second-order valence-corrected chi connectivity index (χ2v) is 13.1. The molecule has 1 atom stereocenters. The molecule has 0 spiro atoms. The Hall–Kier alpha value is -3.68. The van der Waals surface area contributed by atoms with E-state index in [-0.39, 0.29) is 11.7 Å². The van der Waals surface area contributed by atoms with E-state index in [9.17, 15) is 8.42 Å². The molecule has 0 aliphatic rings. The molecular formula is C28H23N5O3S4. The molecule has 0 amide bonds. The molecule has 0 unspecified atom stereocenters. The third-order valence-electron chi connectivity index (χ3n) is 6.19. The van der Waals surface area contributed by atoms with Gasteiger partial charge in [0.1, 0.15) is 10.0 Å². The molecule has 0 aliphatic carbocycles. The minimum absolute atomic E-state index is 0.188. The second kappa shape index (κ2) is 11.4. The second-order valence-electron chi connectivity index (χ2n) is 9.09. The van der Waals surface area contributed by atoms with Gasteiger partial charge >= 0.3 is 10.3 Å². The topological polar surface area (TPSA) is 117 Å². The van der Waals surface area contributed by atoms with E-state index >= 15 is 0 Å². The lowest BCUT2D eigenvalue weighted by Crippen LogP contribution is -2.14. The van der Waals surface area contributed by atoms with Crippen LogP contribution in [0.15, 0.2) is 89.6 Å². The molecule has 0 saturated carbocycles. The molecule has 0 fully saturated rings. The van der Waals surface area contributed by atoms with Crippen LogP contribution in [0.3, 0.4) is 0 Å². The highest BCUT2D eigenvalue weighted by molar-refractivity contribution is 7.87. The van der Waals surface area contributed by atoms with Crippen molar-refractivity contribution >= 4 is 65.9 Å². The third-order valence-corrected chi connectivity index (χ3v) is 9.43. The Morgan fingerprint density at radius 2 is 1.68 bits per heavy atom. The van der Waals surface area contributed by atoms with E-state index in [1.165, 1.54) is 27.7 Å². The van der Waals surface area contributed by atoms with Crippen LogP contribution >= 0.6 is 34.0 Å². The Labute approximate surface area is 243 Å². The van der Waals surface area contributed by atoms with Crippen LogP contribution in [0.2, 0.25) is 0 Å². The average Bonchev–Trinajstić information content (AvgIpc) is 3.71. The molecule has 0 bridgehead atoms. The largest absolute Gasteiger partial charge is 0.357 e. The Kier molecular flexibility index (Phi) is 7.59. The van der Waals surface area contributed by atoms with E-state index in [2.05, 4.69) is 62.0 Å². The fraction of sp³-hybridized carbons (Fsp3) is 0.107. The number of thiazole rings is 1. The van der Waals surface area contributed by atoms with Crippen molar-refractivity contribution in [1.82, 2.24) is 15.2 Å². The summed E-state index contributed by atoms with van der Waals surface area (Å²) in [7, 11) is -4.33. The van der Waals surface area contributed by atoms with Crippen molar-refractivity contribution < 1.29 is 13.0 Å². The smallest absolute Gasteiger partial charge is 0.351 e. The van der Waals surface area contributed by atoms with Gasteiger partial charge in [0.25, 0.3) is 0 Å². The maximum absolute atomic E-state index is 11.1. The molecule has 6 aromatic rings. The van der Waals surface area contributed by atoms with Crippen LogP contribution in [0.5, 0.6) is 0 Å². The highest BCUT2D eigenvalue weighted by Crippen LogP contribution is 2.33. The fourth-order valence-corrected chi connectivity index (χ4v) is 7.29. The van der Waals surface area contributed by atoms with Crippen LogP contribution in [0, 0.1) is 0 Å². The Morgan fingerprint density at radius 3 is 2.45 bits per heavy atom. The molecule has 3 heterocycles. The molecule has 12 heteroatoms. The minimum atomic E-state index is -4.33. The number of nitrogens with one attached hydrogen (secondary N) is 2. The van der Waals surface area contributed by atoms with E-state index < -0.39 is 10.3 Å². The zero-order valence-electron chi connectivity index (χ0n) is 20.9. The SMILES string of the molecule is O=S(=O)(O)Nc1ccc(C[C@H](Nc2nnc(Cc3ccc4ccccc4c3)s2)c2csc(-c3cccs3)n2)cc1. The zero-order chi connectivity index (χ0) is 27.5. The summed E-state index contributed by atoms with van der Waals surface area (Å²) in [6.07, 6.45) is 1.27. The first-order valence-electron chi connectivity index (χ1n) is 12.3. The normalized spacial score (nSPS) is 12.4. The van der Waals surface area contributed by atoms with Gasteiger partial charge in [-0.05, 0) is 51.9 Å². The maximum Gasteiger partial charge on any atom is 0.357 e. The minimum Gasteiger partial charge on any atom is -0.351 e. The monoisotopic (exact) mass is 605 g/mol. The van der Waals surface area contributed by atoms with Crippen LogP contribution < -0.4 is 10.0 Å². The number of anilines is 2. The van der Waals surface area contributed by atoms with Crippen LogP contribution in [0.25, 0.3) is 20.7 Å². The van der Waals surface area contributed by atoms with Crippen molar-refractivity contribution in [3.63, 3.8) is 0 Å². The third kappa shape index (κ3) is 6.54. The number of hydrogen-bond acceptors (Lipinski definition) is 9. The summed E-state index contributed by atoms with van der Waals surface area (Å²) in [6, 6.07) is 25.5. The van der Waals surface area contributed by atoms with E-state index in [1.807, 2.05) is 35.7 Å². The van der Waals surface area contributed by atoms with Crippen molar-refractivity contribution in [2.24, 2.45) is 0 Å². The molecule has 3 aromatic carbocycles. The van der Waals surface area contributed by atoms with Gasteiger partial charge in [-0.25, -0.2) is 4.98 Å². The first kappa shape index (κ1) is 26.5. The van der Waals surface area contributed by atoms with E-state index in [1.54, 1.807) is 34.8 Å². The molecule has 6 rings (SSSR count). The lowest BCUT2D eigenvalue weighted by Gasteiger charge is -2.16. The Morgan fingerprint density at radius 1 is 0.875 bits per heavy atom. The van der Waals surface area contributed by atoms with Gasteiger partial charge in [0.2, 0.25) is 5.13 Å². The Balaban J connectivity index is 1.22. The summed E-state index contributed by atoms with van der Waals surface area (Å²) in [6.45, 7) is 0. The summed E-state index contributed by atoms with van der Waals surface area (Å²) in [5.74, 6) is 0. The van der Waals surface area contributed by atoms with Gasteiger partial charge in [0.15, 0.2) is 0 Å². The molecule has 0 saturated heterocycles. The number of fused-ring (bicyclic) bond motifs is 1. The first-order chi connectivity index (χ1) is 19.4. The average molecular weight is 606 g/mol. The summed E-state index contributed by atoms with van der Waals surface area (Å²) in [4.78, 5) is 6.03. The van der Waals surface area contributed by atoms with Gasteiger partial charge in [-0.1, -0.05) is 72.0 Å². The van der Waals surface area contributed by atoms with Crippen LogP contribution in [-0.4, -0.2) is 28.2 Å². The van der Waals surface area contributed by atoms with E-state index in [4.69, 9.17) is 9.54 Å². The van der Waals surface area contributed by atoms with Gasteiger partial charge in [-0.15, -0.1) is 32.9 Å². The summed E-state index contributed by atoms with van der Waals surface area (Å²) >= 11 is 4.77. The van der Waals surface area contributed by atoms with Crippen molar-refractivity contribution in [2.45, 2.75) is 18.9 Å².